The summed E-state index contributed by atoms with van der Waals surface area (Å²) in [5.74, 6) is 0. The van der Waals surface area contributed by atoms with Crippen LogP contribution in [-0.4, -0.2) is 11.8 Å². The Balaban J connectivity index is 1.48. The molecular weight excluding hydrogens is 326 g/mol. The third-order valence-electron chi connectivity index (χ3n) is 3.01. The standard InChI is InChI=1S/C14H14BrNS2/c15-14-6-5-11(18-14)8-16-9-12-7-10-3-1-2-4-13(10)17-12/h1-6,12,16H,7-9H2. The summed E-state index contributed by atoms with van der Waals surface area (Å²) in [6.45, 7) is 2.05. The molecule has 1 N–H and O–H groups in total. The van der Waals surface area contributed by atoms with E-state index in [1.165, 1.54) is 25.5 Å². The molecule has 1 nitrogen and oxygen atoms in total. The molecule has 94 valence electrons. The van der Waals surface area contributed by atoms with Crippen LogP contribution in [0.25, 0.3) is 0 Å². The summed E-state index contributed by atoms with van der Waals surface area (Å²) >= 11 is 7.31. The molecule has 1 aliphatic heterocycles. The van der Waals surface area contributed by atoms with Gasteiger partial charge < -0.3 is 5.32 Å². The Bertz CT molecular complexity index is 513. The molecule has 0 spiro atoms. The Labute approximate surface area is 124 Å². The average molecular weight is 340 g/mol. The van der Waals surface area contributed by atoms with Gasteiger partial charge in [-0.05, 0) is 46.1 Å². The van der Waals surface area contributed by atoms with Gasteiger partial charge in [0.25, 0.3) is 0 Å². The maximum atomic E-state index is 3.56. The zero-order valence-electron chi connectivity index (χ0n) is 9.86. The summed E-state index contributed by atoms with van der Waals surface area (Å²) < 4.78 is 1.21. The fraction of sp³-hybridized carbons (Fsp3) is 0.286. The molecule has 0 aliphatic carbocycles. The van der Waals surface area contributed by atoms with Crippen molar-refractivity contribution in [3.8, 4) is 0 Å². The van der Waals surface area contributed by atoms with Crippen LogP contribution >= 0.6 is 39.0 Å². The van der Waals surface area contributed by atoms with E-state index in [0.29, 0.717) is 5.25 Å². The van der Waals surface area contributed by atoms with Crippen LogP contribution in [0.15, 0.2) is 45.1 Å². The van der Waals surface area contributed by atoms with Crippen molar-refractivity contribution in [2.75, 3.05) is 6.54 Å². The SMILES string of the molecule is Brc1ccc(CNCC2Cc3ccccc3S2)s1. The molecular formula is C14H14BrNS2. The van der Waals surface area contributed by atoms with Crippen molar-refractivity contribution >= 4 is 39.0 Å². The van der Waals surface area contributed by atoms with Crippen LogP contribution in [0.2, 0.25) is 0 Å². The first-order valence-electron chi connectivity index (χ1n) is 6.01. The number of benzene rings is 1. The Morgan fingerprint density at radius 1 is 1.22 bits per heavy atom. The summed E-state index contributed by atoms with van der Waals surface area (Å²) in [6.07, 6.45) is 1.20. The van der Waals surface area contributed by atoms with Crippen molar-refractivity contribution in [1.82, 2.24) is 5.32 Å². The molecule has 2 aromatic rings. The molecule has 0 bridgehead atoms. The highest BCUT2D eigenvalue weighted by Crippen LogP contribution is 2.36. The maximum Gasteiger partial charge on any atom is 0.0701 e. The van der Waals surface area contributed by atoms with Gasteiger partial charge in [0, 0.05) is 28.1 Å². The Morgan fingerprint density at radius 2 is 2.11 bits per heavy atom. The van der Waals surface area contributed by atoms with Crippen molar-refractivity contribution in [3.63, 3.8) is 0 Å². The van der Waals surface area contributed by atoms with Crippen molar-refractivity contribution in [2.45, 2.75) is 23.1 Å². The van der Waals surface area contributed by atoms with E-state index in [-0.39, 0.29) is 0 Å². The summed E-state index contributed by atoms with van der Waals surface area (Å²) in [4.78, 5) is 2.85. The highest BCUT2D eigenvalue weighted by molar-refractivity contribution is 9.11. The van der Waals surface area contributed by atoms with E-state index in [9.17, 15) is 0 Å². The summed E-state index contributed by atoms with van der Waals surface area (Å²) in [5, 5.41) is 4.25. The molecule has 18 heavy (non-hydrogen) atoms. The van der Waals surface area contributed by atoms with E-state index < -0.39 is 0 Å². The van der Waals surface area contributed by atoms with Crippen LogP contribution in [-0.2, 0) is 13.0 Å². The van der Waals surface area contributed by atoms with Crippen LogP contribution in [0, 0.1) is 0 Å². The van der Waals surface area contributed by atoms with Crippen LogP contribution in [0.4, 0.5) is 0 Å². The highest BCUT2D eigenvalue weighted by atomic mass is 79.9. The molecule has 2 heterocycles. The zero-order chi connectivity index (χ0) is 12.4. The monoisotopic (exact) mass is 339 g/mol. The Morgan fingerprint density at radius 3 is 2.89 bits per heavy atom. The van der Waals surface area contributed by atoms with Crippen LogP contribution in [0.5, 0.6) is 0 Å². The number of hydrogen-bond acceptors (Lipinski definition) is 3. The van der Waals surface area contributed by atoms with E-state index >= 15 is 0 Å². The van der Waals surface area contributed by atoms with Crippen molar-refractivity contribution in [1.29, 1.82) is 0 Å². The number of rotatable bonds is 4. The van der Waals surface area contributed by atoms with E-state index in [2.05, 4.69) is 57.6 Å². The van der Waals surface area contributed by atoms with Crippen LogP contribution < -0.4 is 5.32 Å². The first-order chi connectivity index (χ1) is 8.81. The third-order valence-corrected chi connectivity index (χ3v) is 5.96. The van der Waals surface area contributed by atoms with Gasteiger partial charge in [0.2, 0.25) is 0 Å². The summed E-state index contributed by atoms with van der Waals surface area (Å²) in [7, 11) is 0. The fourth-order valence-corrected chi connectivity index (χ4v) is 4.91. The van der Waals surface area contributed by atoms with Gasteiger partial charge in [-0.25, -0.2) is 0 Å². The molecule has 0 fully saturated rings. The number of halogens is 1. The fourth-order valence-electron chi connectivity index (χ4n) is 2.17. The minimum Gasteiger partial charge on any atom is -0.311 e. The highest BCUT2D eigenvalue weighted by Gasteiger charge is 2.20. The van der Waals surface area contributed by atoms with Gasteiger partial charge in [-0.15, -0.1) is 23.1 Å². The third kappa shape index (κ3) is 2.99. The molecule has 1 aromatic heterocycles. The predicted molar refractivity (Wildman–Crippen MR) is 83.5 cm³/mol. The van der Waals surface area contributed by atoms with Gasteiger partial charge in [0.1, 0.15) is 0 Å². The first-order valence-corrected chi connectivity index (χ1v) is 8.49. The molecule has 0 radical (unpaired) electrons. The van der Waals surface area contributed by atoms with Crippen LogP contribution in [0.3, 0.4) is 0 Å². The Kier molecular flexibility index (Phi) is 4.09. The van der Waals surface area contributed by atoms with E-state index in [4.69, 9.17) is 0 Å². The lowest BCUT2D eigenvalue weighted by molar-refractivity contribution is 0.670. The number of hydrogen-bond donors (Lipinski definition) is 1. The van der Waals surface area contributed by atoms with Crippen molar-refractivity contribution in [3.05, 3.63) is 50.6 Å². The van der Waals surface area contributed by atoms with Crippen molar-refractivity contribution in [2.24, 2.45) is 0 Å². The van der Waals surface area contributed by atoms with Gasteiger partial charge in [0.15, 0.2) is 0 Å². The minimum atomic E-state index is 0.686. The minimum absolute atomic E-state index is 0.686. The number of thiophene rings is 1. The molecule has 1 aliphatic rings. The predicted octanol–water partition coefficient (Wildman–Crippen LogP) is 4.32. The topological polar surface area (TPSA) is 12.0 Å². The normalized spacial score (nSPS) is 17.9. The average Bonchev–Trinajstić information content (AvgIpc) is 2.95. The van der Waals surface area contributed by atoms with Gasteiger partial charge in [-0.3, -0.25) is 0 Å². The number of fused-ring (bicyclic) bond motifs is 1. The summed E-state index contributed by atoms with van der Waals surface area (Å²) in [6, 6.07) is 13.0. The van der Waals surface area contributed by atoms with E-state index in [1.807, 2.05) is 11.8 Å². The van der Waals surface area contributed by atoms with Gasteiger partial charge in [-0.2, -0.15) is 0 Å². The van der Waals surface area contributed by atoms with Crippen LogP contribution in [0.1, 0.15) is 10.4 Å². The summed E-state index contributed by atoms with van der Waals surface area (Å²) in [5.41, 5.74) is 1.51. The number of thioether (sulfide) groups is 1. The lowest BCUT2D eigenvalue weighted by Crippen LogP contribution is -2.23. The molecule has 0 saturated carbocycles. The second kappa shape index (κ2) is 5.78. The molecule has 1 unspecified atom stereocenters. The lowest BCUT2D eigenvalue weighted by Gasteiger charge is -2.09. The largest absolute Gasteiger partial charge is 0.311 e. The lowest BCUT2D eigenvalue weighted by atomic mass is 10.1. The first kappa shape index (κ1) is 12.7. The zero-order valence-corrected chi connectivity index (χ0v) is 13.1. The van der Waals surface area contributed by atoms with Crippen molar-refractivity contribution < 1.29 is 0 Å². The van der Waals surface area contributed by atoms with Gasteiger partial charge in [0.05, 0.1) is 3.79 Å². The van der Waals surface area contributed by atoms with Gasteiger partial charge >= 0.3 is 0 Å². The molecule has 0 saturated heterocycles. The smallest absolute Gasteiger partial charge is 0.0701 e. The molecule has 1 aromatic carbocycles. The number of nitrogens with one attached hydrogen (secondary N) is 1. The van der Waals surface area contributed by atoms with E-state index in [0.717, 1.165) is 13.1 Å². The maximum absolute atomic E-state index is 3.56. The van der Waals surface area contributed by atoms with E-state index in [1.54, 1.807) is 11.3 Å². The molecule has 4 heteroatoms. The quantitative estimate of drug-likeness (QED) is 0.890. The molecule has 0 amide bonds. The molecule has 3 rings (SSSR count). The Hall–Kier alpha value is -0.290. The molecule has 1 atom stereocenters. The second-order valence-electron chi connectivity index (χ2n) is 4.39. The van der Waals surface area contributed by atoms with Gasteiger partial charge in [-0.1, -0.05) is 18.2 Å². The second-order valence-corrected chi connectivity index (χ2v) is 8.28.